The number of nitrogens with zero attached hydrogens (tertiary/aromatic N) is 2. The third-order valence-electron chi connectivity index (χ3n) is 4.52. The normalized spacial score (nSPS) is 12.1. The summed E-state index contributed by atoms with van der Waals surface area (Å²) in [5.41, 5.74) is 1.24. The van der Waals surface area contributed by atoms with Crippen molar-refractivity contribution in [1.29, 1.82) is 0 Å². The van der Waals surface area contributed by atoms with Gasteiger partial charge in [0.05, 0.1) is 32.7 Å². The molecular formula is C21H21Cl2N3O3S. The van der Waals surface area contributed by atoms with E-state index in [4.69, 9.17) is 28.3 Å². The van der Waals surface area contributed by atoms with Crippen molar-refractivity contribution in [2.24, 2.45) is 0 Å². The standard InChI is InChI=1S/C21H21Cl2N3O3S/c1-13(14-7-8-16(22)17(23)11-14)24-19(28)12-30-21-25-18-6-3-2-5-15(18)20(29)26(21)9-4-10-27/h2-3,5-8,11,13,27H,4,9-10,12H2,1H3,(H,24,28). The van der Waals surface area contributed by atoms with E-state index in [1.807, 2.05) is 19.1 Å². The minimum absolute atomic E-state index is 0.0367. The summed E-state index contributed by atoms with van der Waals surface area (Å²) in [6.45, 7) is 2.15. The molecule has 2 aromatic carbocycles. The number of hydrogen-bond acceptors (Lipinski definition) is 5. The number of amides is 1. The Hall–Kier alpha value is -2.06. The molecule has 6 nitrogen and oxygen atoms in total. The first-order valence-corrected chi connectivity index (χ1v) is 11.1. The molecule has 0 aliphatic carbocycles. The molecular weight excluding hydrogens is 445 g/mol. The highest BCUT2D eigenvalue weighted by Gasteiger charge is 2.15. The predicted molar refractivity (Wildman–Crippen MR) is 121 cm³/mol. The number of carbonyl (C=O) groups excluding carboxylic acids is 1. The van der Waals surface area contributed by atoms with Gasteiger partial charge in [-0.2, -0.15) is 0 Å². The summed E-state index contributed by atoms with van der Waals surface area (Å²) in [6, 6.07) is 12.1. The lowest BCUT2D eigenvalue weighted by Crippen LogP contribution is -2.29. The van der Waals surface area contributed by atoms with Crippen LogP contribution in [0.1, 0.15) is 24.9 Å². The molecule has 0 saturated heterocycles. The van der Waals surface area contributed by atoms with Gasteiger partial charge in [-0.05, 0) is 43.2 Å². The maximum atomic E-state index is 12.8. The molecule has 1 atom stereocenters. The Morgan fingerprint density at radius 3 is 2.73 bits per heavy atom. The number of carbonyl (C=O) groups is 1. The summed E-state index contributed by atoms with van der Waals surface area (Å²) >= 11 is 13.2. The van der Waals surface area contributed by atoms with Crippen molar-refractivity contribution in [2.45, 2.75) is 31.1 Å². The number of hydrogen-bond donors (Lipinski definition) is 2. The van der Waals surface area contributed by atoms with E-state index in [9.17, 15) is 9.59 Å². The van der Waals surface area contributed by atoms with Gasteiger partial charge in [0, 0.05) is 13.2 Å². The average Bonchev–Trinajstić information content (AvgIpc) is 2.73. The lowest BCUT2D eigenvalue weighted by molar-refractivity contribution is -0.119. The molecule has 2 N–H and O–H groups in total. The number of rotatable bonds is 8. The molecule has 0 aliphatic rings. The van der Waals surface area contributed by atoms with Crippen molar-refractivity contribution in [1.82, 2.24) is 14.9 Å². The van der Waals surface area contributed by atoms with E-state index >= 15 is 0 Å². The SMILES string of the molecule is CC(NC(=O)CSc1nc2ccccc2c(=O)n1CCCO)c1ccc(Cl)c(Cl)c1. The van der Waals surface area contributed by atoms with Crippen LogP contribution < -0.4 is 10.9 Å². The molecule has 0 aliphatic heterocycles. The van der Waals surface area contributed by atoms with E-state index in [1.165, 1.54) is 16.3 Å². The van der Waals surface area contributed by atoms with Crippen LogP contribution in [-0.4, -0.2) is 32.9 Å². The molecule has 9 heteroatoms. The summed E-state index contributed by atoms with van der Waals surface area (Å²) in [5, 5.41) is 13.9. The van der Waals surface area contributed by atoms with Gasteiger partial charge in [0.1, 0.15) is 0 Å². The number of aliphatic hydroxyl groups is 1. The van der Waals surface area contributed by atoms with Gasteiger partial charge in [-0.25, -0.2) is 4.98 Å². The van der Waals surface area contributed by atoms with Crippen LogP contribution in [-0.2, 0) is 11.3 Å². The summed E-state index contributed by atoms with van der Waals surface area (Å²) in [7, 11) is 0. The Kier molecular flexibility index (Phi) is 7.77. The minimum Gasteiger partial charge on any atom is -0.396 e. The van der Waals surface area contributed by atoms with Gasteiger partial charge >= 0.3 is 0 Å². The first-order chi connectivity index (χ1) is 14.4. The first-order valence-electron chi connectivity index (χ1n) is 9.38. The highest BCUT2D eigenvalue weighted by Crippen LogP contribution is 2.26. The second-order valence-electron chi connectivity index (χ2n) is 6.70. The van der Waals surface area contributed by atoms with Crippen LogP contribution in [0.3, 0.4) is 0 Å². The quantitative estimate of drug-likeness (QED) is 0.387. The molecule has 0 spiro atoms. The highest BCUT2D eigenvalue weighted by atomic mass is 35.5. The monoisotopic (exact) mass is 465 g/mol. The van der Waals surface area contributed by atoms with Crippen LogP contribution >= 0.6 is 35.0 Å². The molecule has 158 valence electrons. The van der Waals surface area contributed by atoms with E-state index in [1.54, 1.807) is 30.3 Å². The van der Waals surface area contributed by atoms with E-state index in [-0.39, 0.29) is 29.9 Å². The van der Waals surface area contributed by atoms with Crippen LogP contribution in [0.5, 0.6) is 0 Å². The Morgan fingerprint density at radius 1 is 1.23 bits per heavy atom. The van der Waals surface area contributed by atoms with E-state index in [0.717, 1.165) is 5.56 Å². The number of nitrogens with one attached hydrogen (secondary N) is 1. The Bertz CT molecular complexity index is 1120. The van der Waals surface area contributed by atoms with E-state index in [2.05, 4.69) is 10.3 Å². The van der Waals surface area contributed by atoms with Gasteiger partial charge in [-0.1, -0.05) is 53.2 Å². The van der Waals surface area contributed by atoms with Gasteiger partial charge in [0.25, 0.3) is 5.56 Å². The predicted octanol–water partition coefficient (Wildman–Crippen LogP) is 4.06. The zero-order valence-electron chi connectivity index (χ0n) is 16.3. The number of aliphatic hydroxyl groups excluding tert-OH is 1. The number of fused-ring (bicyclic) bond motifs is 1. The smallest absolute Gasteiger partial charge is 0.262 e. The van der Waals surface area contributed by atoms with Crippen molar-refractivity contribution >= 4 is 51.8 Å². The van der Waals surface area contributed by atoms with Crippen LogP contribution in [0.25, 0.3) is 10.9 Å². The Morgan fingerprint density at radius 2 is 2.00 bits per heavy atom. The topological polar surface area (TPSA) is 84.2 Å². The van der Waals surface area contributed by atoms with Crippen LogP contribution in [0.15, 0.2) is 52.4 Å². The molecule has 1 aromatic heterocycles. The number of halogens is 2. The molecule has 0 bridgehead atoms. The molecule has 0 radical (unpaired) electrons. The lowest BCUT2D eigenvalue weighted by atomic mass is 10.1. The molecule has 30 heavy (non-hydrogen) atoms. The van der Waals surface area contributed by atoms with Crippen LogP contribution in [0.4, 0.5) is 0 Å². The molecule has 0 fully saturated rings. The zero-order chi connectivity index (χ0) is 21.7. The van der Waals surface area contributed by atoms with Crippen molar-refractivity contribution in [3.05, 3.63) is 68.4 Å². The Labute approximate surface area is 188 Å². The van der Waals surface area contributed by atoms with E-state index in [0.29, 0.717) is 39.1 Å². The lowest BCUT2D eigenvalue weighted by Gasteiger charge is -2.16. The maximum Gasteiger partial charge on any atom is 0.262 e. The minimum atomic E-state index is -0.256. The van der Waals surface area contributed by atoms with Crippen molar-refractivity contribution in [3.63, 3.8) is 0 Å². The van der Waals surface area contributed by atoms with Gasteiger partial charge in [0.15, 0.2) is 5.16 Å². The zero-order valence-corrected chi connectivity index (χ0v) is 18.6. The molecule has 3 rings (SSSR count). The number of thioether (sulfide) groups is 1. The van der Waals surface area contributed by atoms with Crippen LogP contribution in [0.2, 0.25) is 10.0 Å². The van der Waals surface area contributed by atoms with Crippen molar-refractivity contribution in [3.8, 4) is 0 Å². The molecule has 1 unspecified atom stereocenters. The summed E-state index contributed by atoms with van der Waals surface area (Å²) in [4.78, 5) is 29.9. The summed E-state index contributed by atoms with van der Waals surface area (Å²) in [6.07, 6.45) is 0.425. The molecule has 3 aromatic rings. The molecule has 1 heterocycles. The van der Waals surface area contributed by atoms with Gasteiger partial charge in [0.2, 0.25) is 5.91 Å². The third kappa shape index (κ3) is 5.35. The Balaban J connectivity index is 1.74. The summed E-state index contributed by atoms with van der Waals surface area (Å²) < 4.78 is 1.51. The fourth-order valence-electron chi connectivity index (χ4n) is 2.96. The van der Waals surface area contributed by atoms with Crippen molar-refractivity contribution < 1.29 is 9.90 Å². The van der Waals surface area contributed by atoms with Gasteiger partial charge in [-0.15, -0.1) is 0 Å². The fourth-order valence-corrected chi connectivity index (χ4v) is 4.11. The number of para-hydroxylation sites is 1. The largest absolute Gasteiger partial charge is 0.396 e. The average molecular weight is 466 g/mol. The molecule has 1 amide bonds. The third-order valence-corrected chi connectivity index (χ3v) is 6.24. The van der Waals surface area contributed by atoms with Crippen molar-refractivity contribution in [2.75, 3.05) is 12.4 Å². The highest BCUT2D eigenvalue weighted by molar-refractivity contribution is 7.99. The van der Waals surface area contributed by atoms with Crippen LogP contribution in [0, 0.1) is 0 Å². The van der Waals surface area contributed by atoms with E-state index < -0.39 is 0 Å². The number of aromatic nitrogens is 2. The second-order valence-corrected chi connectivity index (χ2v) is 8.45. The van der Waals surface area contributed by atoms with Gasteiger partial charge < -0.3 is 10.4 Å². The van der Waals surface area contributed by atoms with Gasteiger partial charge in [-0.3, -0.25) is 14.2 Å². The second kappa shape index (κ2) is 10.3. The molecule has 0 saturated carbocycles. The summed E-state index contributed by atoms with van der Waals surface area (Å²) in [5.74, 6) is -0.107. The maximum absolute atomic E-state index is 12.8. The fraction of sp³-hybridized carbons (Fsp3) is 0.286. The number of benzene rings is 2. The first kappa shape index (κ1) is 22.6.